The van der Waals surface area contributed by atoms with E-state index >= 15 is 0 Å². The molecule has 7 nitrogen and oxygen atoms in total. The number of hydrogen-bond acceptors (Lipinski definition) is 5. The highest BCUT2D eigenvalue weighted by atomic mass is 16.6. The molecule has 1 saturated heterocycles. The highest BCUT2D eigenvalue weighted by molar-refractivity contribution is 5.79. The Morgan fingerprint density at radius 2 is 1.65 bits per heavy atom. The van der Waals surface area contributed by atoms with Gasteiger partial charge in [0.25, 0.3) is 0 Å². The van der Waals surface area contributed by atoms with E-state index in [0.717, 1.165) is 5.56 Å². The van der Waals surface area contributed by atoms with Crippen LogP contribution in [-0.4, -0.2) is 68.8 Å². The molecule has 0 spiro atoms. The Balaban J connectivity index is 1.91. The maximum Gasteiger partial charge on any atom is 0.409 e. The van der Waals surface area contributed by atoms with E-state index in [4.69, 9.17) is 14.2 Å². The van der Waals surface area contributed by atoms with Crippen LogP contribution < -0.4 is 9.47 Å². The molecule has 1 aliphatic rings. The summed E-state index contributed by atoms with van der Waals surface area (Å²) in [5.74, 6) is 1.28. The standard InChI is InChI=1S/C19H28N2O5/c1-5-26-19(23)21-10-8-20(9-11-21)18(22)14(2)12-15-6-7-16(24-3)17(13-15)25-4/h6-7,13-14H,5,8-12H2,1-4H3. The van der Waals surface area contributed by atoms with Crippen molar-refractivity contribution in [1.82, 2.24) is 9.80 Å². The van der Waals surface area contributed by atoms with Crippen LogP contribution in [0.4, 0.5) is 4.79 Å². The van der Waals surface area contributed by atoms with Crippen molar-refractivity contribution in [3.05, 3.63) is 23.8 Å². The molecule has 0 N–H and O–H groups in total. The molecular weight excluding hydrogens is 336 g/mol. The zero-order chi connectivity index (χ0) is 19.1. The molecule has 2 rings (SSSR count). The van der Waals surface area contributed by atoms with Crippen LogP contribution in [0.3, 0.4) is 0 Å². The molecule has 0 aromatic heterocycles. The topological polar surface area (TPSA) is 68.3 Å². The summed E-state index contributed by atoms with van der Waals surface area (Å²) in [5.41, 5.74) is 1.02. The van der Waals surface area contributed by atoms with Crippen molar-refractivity contribution >= 4 is 12.0 Å². The zero-order valence-electron chi connectivity index (χ0n) is 16.0. The van der Waals surface area contributed by atoms with Gasteiger partial charge >= 0.3 is 6.09 Å². The van der Waals surface area contributed by atoms with Gasteiger partial charge in [0.05, 0.1) is 20.8 Å². The number of methoxy groups -OCH3 is 2. The second kappa shape index (κ2) is 9.31. The molecule has 0 bridgehead atoms. The zero-order valence-corrected chi connectivity index (χ0v) is 16.0. The first-order valence-corrected chi connectivity index (χ1v) is 8.91. The van der Waals surface area contributed by atoms with E-state index in [2.05, 4.69) is 0 Å². The molecule has 1 heterocycles. The highest BCUT2D eigenvalue weighted by Gasteiger charge is 2.27. The number of carbonyl (C=O) groups is 2. The molecule has 1 aromatic carbocycles. The number of ether oxygens (including phenoxy) is 3. The van der Waals surface area contributed by atoms with Crippen LogP contribution in [-0.2, 0) is 16.0 Å². The van der Waals surface area contributed by atoms with Gasteiger partial charge in [0, 0.05) is 32.1 Å². The summed E-state index contributed by atoms with van der Waals surface area (Å²) in [4.78, 5) is 27.9. The smallest absolute Gasteiger partial charge is 0.409 e. The predicted molar refractivity (Wildman–Crippen MR) is 97.6 cm³/mol. The Hall–Kier alpha value is -2.44. The molecule has 26 heavy (non-hydrogen) atoms. The van der Waals surface area contributed by atoms with Gasteiger partial charge < -0.3 is 24.0 Å². The van der Waals surface area contributed by atoms with Crippen LogP contribution >= 0.6 is 0 Å². The first-order chi connectivity index (χ1) is 12.5. The Bertz CT molecular complexity index is 626. The van der Waals surface area contributed by atoms with Crippen molar-refractivity contribution in [3.63, 3.8) is 0 Å². The lowest BCUT2D eigenvalue weighted by Gasteiger charge is -2.35. The summed E-state index contributed by atoms with van der Waals surface area (Å²) in [7, 11) is 3.19. The van der Waals surface area contributed by atoms with Gasteiger partial charge in [-0.2, -0.15) is 0 Å². The molecule has 0 saturated carbocycles. The van der Waals surface area contributed by atoms with Gasteiger partial charge in [-0.1, -0.05) is 13.0 Å². The Morgan fingerprint density at radius 1 is 1.04 bits per heavy atom. The van der Waals surface area contributed by atoms with E-state index in [9.17, 15) is 9.59 Å². The van der Waals surface area contributed by atoms with E-state index in [1.165, 1.54) is 0 Å². The van der Waals surface area contributed by atoms with Gasteiger partial charge in [-0.05, 0) is 31.0 Å². The molecular formula is C19H28N2O5. The molecule has 1 aliphatic heterocycles. The van der Waals surface area contributed by atoms with Gasteiger partial charge in [-0.15, -0.1) is 0 Å². The maximum atomic E-state index is 12.7. The van der Waals surface area contributed by atoms with Gasteiger partial charge in [0.15, 0.2) is 11.5 Å². The first-order valence-electron chi connectivity index (χ1n) is 8.91. The van der Waals surface area contributed by atoms with Crippen molar-refractivity contribution in [2.24, 2.45) is 5.92 Å². The molecule has 0 aliphatic carbocycles. The van der Waals surface area contributed by atoms with Gasteiger partial charge in [-0.25, -0.2) is 4.79 Å². The largest absolute Gasteiger partial charge is 0.493 e. The number of carbonyl (C=O) groups excluding carboxylic acids is 2. The second-order valence-electron chi connectivity index (χ2n) is 6.31. The van der Waals surface area contributed by atoms with E-state index < -0.39 is 0 Å². The second-order valence-corrected chi connectivity index (χ2v) is 6.31. The monoisotopic (exact) mass is 364 g/mol. The quantitative estimate of drug-likeness (QED) is 0.774. The van der Waals surface area contributed by atoms with Gasteiger partial charge in [0.1, 0.15) is 0 Å². The summed E-state index contributed by atoms with van der Waals surface area (Å²) in [5, 5.41) is 0. The van der Waals surface area contributed by atoms with Crippen molar-refractivity contribution < 1.29 is 23.8 Å². The first kappa shape index (κ1) is 19.9. The molecule has 1 unspecified atom stereocenters. The highest BCUT2D eigenvalue weighted by Crippen LogP contribution is 2.28. The van der Waals surface area contributed by atoms with Crippen LogP contribution in [0.15, 0.2) is 18.2 Å². The fraction of sp³-hybridized carbons (Fsp3) is 0.579. The van der Waals surface area contributed by atoms with E-state index in [1.54, 1.807) is 26.0 Å². The van der Waals surface area contributed by atoms with Gasteiger partial charge in [-0.3, -0.25) is 4.79 Å². The SMILES string of the molecule is CCOC(=O)N1CCN(C(=O)C(C)Cc2ccc(OC)c(OC)c2)CC1. The summed E-state index contributed by atoms with van der Waals surface area (Å²) in [6.07, 6.45) is 0.315. The molecule has 1 atom stereocenters. The van der Waals surface area contributed by atoms with Crippen LogP contribution in [0.2, 0.25) is 0 Å². The maximum absolute atomic E-state index is 12.7. The van der Waals surface area contributed by atoms with E-state index in [1.807, 2.05) is 30.0 Å². The lowest BCUT2D eigenvalue weighted by Crippen LogP contribution is -2.52. The molecule has 144 valence electrons. The number of benzene rings is 1. The Labute approximate surface area is 154 Å². The molecule has 7 heteroatoms. The molecule has 1 fully saturated rings. The van der Waals surface area contributed by atoms with Crippen molar-refractivity contribution in [1.29, 1.82) is 0 Å². The molecule has 0 radical (unpaired) electrons. The summed E-state index contributed by atoms with van der Waals surface area (Å²) in [6.45, 7) is 6.16. The van der Waals surface area contributed by atoms with E-state index in [0.29, 0.717) is 50.7 Å². The Kier molecular flexibility index (Phi) is 7.12. The summed E-state index contributed by atoms with van der Waals surface area (Å²) >= 11 is 0. The average molecular weight is 364 g/mol. The minimum atomic E-state index is -0.307. The third-order valence-corrected chi connectivity index (χ3v) is 4.53. The molecule has 2 amide bonds. The summed E-state index contributed by atoms with van der Waals surface area (Å²) in [6, 6.07) is 5.70. The van der Waals surface area contributed by atoms with Crippen LogP contribution in [0.25, 0.3) is 0 Å². The summed E-state index contributed by atoms with van der Waals surface area (Å²) < 4.78 is 15.6. The van der Waals surface area contributed by atoms with E-state index in [-0.39, 0.29) is 17.9 Å². The van der Waals surface area contributed by atoms with Crippen LogP contribution in [0, 0.1) is 5.92 Å². The van der Waals surface area contributed by atoms with Crippen molar-refractivity contribution in [2.75, 3.05) is 47.0 Å². The van der Waals surface area contributed by atoms with Crippen LogP contribution in [0.5, 0.6) is 11.5 Å². The lowest BCUT2D eigenvalue weighted by atomic mass is 9.99. The minimum absolute atomic E-state index is 0.100. The normalized spacial score (nSPS) is 15.4. The number of hydrogen-bond donors (Lipinski definition) is 0. The number of rotatable bonds is 6. The molecule has 1 aromatic rings. The predicted octanol–water partition coefficient (Wildman–Crippen LogP) is 2.18. The number of amides is 2. The van der Waals surface area contributed by atoms with Gasteiger partial charge in [0.2, 0.25) is 5.91 Å². The minimum Gasteiger partial charge on any atom is -0.493 e. The van der Waals surface area contributed by atoms with Crippen LogP contribution in [0.1, 0.15) is 19.4 Å². The number of nitrogens with zero attached hydrogens (tertiary/aromatic N) is 2. The third-order valence-electron chi connectivity index (χ3n) is 4.53. The number of piperazine rings is 1. The fourth-order valence-electron chi connectivity index (χ4n) is 3.08. The lowest BCUT2D eigenvalue weighted by molar-refractivity contribution is -0.136. The average Bonchev–Trinajstić information content (AvgIpc) is 2.67. The van der Waals surface area contributed by atoms with Crippen molar-refractivity contribution in [3.8, 4) is 11.5 Å². The third kappa shape index (κ3) is 4.80. The Morgan fingerprint density at radius 3 is 2.23 bits per heavy atom. The fourth-order valence-corrected chi connectivity index (χ4v) is 3.08. The van der Waals surface area contributed by atoms with Crippen molar-refractivity contribution in [2.45, 2.75) is 20.3 Å².